The molecule has 0 aromatic rings. The standard InChI is InChI=1S/C15H30N2/c1-17(14-7-4-2-3-5-8-14)12-11-15(13-16)9-6-10-15/h14H,2-13,16H2,1H3. The van der Waals surface area contributed by atoms with Gasteiger partial charge in [0.15, 0.2) is 0 Å². The molecule has 2 rings (SSSR count). The minimum Gasteiger partial charge on any atom is -0.330 e. The minimum atomic E-state index is 0.527. The van der Waals surface area contributed by atoms with Crippen LogP contribution in [0.1, 0.15) is 64.2 Å². The lowest BCUT2D eigenvalue weighted by atomic mass is 9.66. The van der Waals surface area contributed by atoms with Gasteiger partial charge in [0.2, 0.25) is 0 Å². The Kier molecular flexibility index (Phi) is 4.87. The molecular formula is C15H30N2. The number of hydrogen-bond acceptors (Lipinski definition) is 2. The summed E-state index contributed by atoms with van der Waals surface area (Å²) < 4.78 is 0. The summed E-state index contributed by atoms with van der Waals surface area (Å²) in [5.41, 5.74) is 6.47. The minimum absolute atomic E-state index is 0.527. The zero-order valence-corrected chi connectivity index (χ0v) is 11.6. The maximum absolute atomic E-state index is 5.94. The molecule has 0 aromatic heterocycles. The Morgan fingerprint density at radius 2 is 1.71 bits per heavy atom. The highest BCUT2D eigenvalue weighted by Gasteiger charge is 2.35. The van der Waals surface area contributed by atoms with Gasteiger partial charge < -0.3 is 10.6 Å². The van der Waals surface area contributed by atoms with E-state index in [1.165, 1.54) is 70.8 Å². The second-order valence-electron chi connectivity index (χ2n) is 6.43. The molecular weight excluding hydrogens is 208 g/mol. The van der Waals surface area contributed by atoms with Crippen molar-refractivity contribution in [1.29, 1.82) is 0 Å². The van der Waals surface area contributed by atoms with Gasteiger partial charge in [0, 0.05) is 6.04 Å². The topological polar surface area (TPSA) is 29.3 Å². The van der Waals surface area contributed by atoms with E-state index in [1.54, 1.807) is 0 Å². The first-order chi connectivity index (χ1) is 8.26. The molecule has 0 radical (unpaired) electrons. The van der Waals surface area contributed by atoms with E-state index >= 15 is 0 Å². The predicted molar refractivity (Wildman–Crippen MR) is 74.1 cm³/mol. The third-order valence-electron chi connectivity index (χ3n) is 5.29. The molecule has 100 valence electrons. The highest BCUT2D eigenvalue weighted by molar-refractivity contribution is 4.89. The van der Waals surface area contributed by atoms with Crippen LogP contribution in [-0.4, -0.2) is 31.1 Å². The van der Waals surface area contributed by atoms with Gasteiger partial charge in [0.25, 0.3) is 0 Å². The molecule has 0 unspecified atom stereocenters. The Morgan fingerprint density at radius 3 is 2.18 bits per heavy atom. The van der Waals surface area contributed by atoms with Crippen LogP contribution in [0.15, 0.2) is 0 Å². The van der Waals surface area contributed by atoms with Crippen molar-refractivity contribution in [3.8, 4) is 0 Å². The summed E-state index contributed by atoms with van der Waals surface area (Å²) in [5, 5.41) is 0. The van der Waals surface area contributed by atoms with Gasteiger partial charge in [0.05, 0.1) is 0 Å². The molecule has 2 N–H and O–H groups in total. The normalized spacial score (nSPS) is 25.6. The van der Waals surface area contributed by atoms with Gasteiger partial charge in [-0.05, 0) is 57.7 Å². The highest BCUT2D eigenvalue weighted by Crippen LogP contribution is 2.43. The third kappa shape index (κ3) is 3.45. The van der Waals surface area contributed by atoms with Gasteiger partial charge in [-0.2, -0.15) is 0 Å². The lowest BCUT2D eigenvalue weighted by molar-refractivity contribution is 0.0985. The Balaban J connectivity index is 1.73. The molecule has 0 saturated heterocycles. The highest BCUT2D eigenvalue weighted by atomic mass is 15.1. The van der Waals surface area contributed by atoms with Gasteiger partial charge in [-0.1, -0.05) is 32.1 Å². The molecule has 2 saturated carbocycles. The van der Waals surface area contributed by atoms with Crippen LogP contribution in [-0.2, 0) is 0 Å². The van der Waals surface area contributed by atoms with Gasteiger partial charge >= 0.3 is 0 Å². The smallest absolute Gasteiger partial charge is 0.00922 e. The van der Waals surface area contributed by atoms with Crippen molar-refractivity contribution >= 4 is 0 Å². The van der Waals surface area contributed by atoms with Gasteiger partial charge in [-0.25, -0.2) is 0 Å². The molecule has 2 heteroatoms. The van der Waals surface area contributed by atoms with E-state index in [1.807, 2.05) is 0 Å². The maximum Gasteiger partial charge on any atom is 0.00922 e. The van der Waals surface area contributed by atoms with Crippen molar-refractivity contribution in [3.05, 3.63) is 0 Å². The number of nitrogens with zero attached hydrogens (tertiary/aromatic N) is 1. The average Bonchev–Trinajstić information content (AvgIpc) is 2.56. The molecule has 0 aliphatic heterocycles. The predicted octanol–water partition coefficient (Wildman–Crippen LogP) is 3.16. The van der Waals surface area contributed by atoms with E-state index in [4.69, 9.17) is 5.73 Å². The number of rotatable bonds is 5. The molecule has 0 atom stereocenters. The van der Waals surface area contributed by atoms with E-state index in [0.29, 0.717) is 5.41 Å². The summed E-state index contributed by atoms with van der Waals surface area (Å²) in [4.78, 5) is 2.63. The molecule has 2 fully saturated rings. The van der Waals surface area contributed by atoms with Crippen molar-refractivity contribution in [2.24, 2.45) is 11.1 Å². The molecule has 0 heterocycles. The summed E-state index contributed by atoms with van der Waals surface area (Å²) in [6.45, 7) is 2.17. The van der Waals surface area contributed by atoms with Crippen LogP contribution in [0, 0.1) is 5.41 Å². The summed E-state index contributed by atoms with van der Waals surface area (Å²) >= 11 is 0. The summed E-state index contributed by atoms with van der Waals surface area (Å²) in [6.07, 6.45) is 14.1. The maximum atomic E-state index is 5.94. The van der Waals surface area contributed by atoms with E-state index in [0.717, 1.165) is 12.6 Å². The summed E-state index contributed by atoms with van der Waals surface area (Å²) in [5.74, 6) is 0. The Bertz CT molecular complexity index is 209. The van der Waals surface area contributed by atoms with Crippen molar-refractivity contribution in [1.82, 2.24) is 4.90 Å². The van der Waals surface area contributed by atoms with Crippen LogP contribution in [0.2, 0.25) is 0 Å². The second-order valence-corrected chi connectivity index (χ2v) is 6.43. The van der Waals surface area contributed by atoms with Gasteiger partial charge in [-0.15, -0.1) is 0 Å². The fraction of sp³-hybridized carbons (Fsp3) is 1.00. The molecule has 0 aromatic carbocycles. The number of nitrogens with two attached hydrogens (primary N) is 1. The van der Waals surface area contributed by atoms with E-state index < -0.39 is 0 Å². The lowest BCUT2D eigenvalue weighted by Crippen LogP contribution is -2.41. The first kappa shape index (κ1) is 13.4. The fourth-order valence-corrected chi connectivity index (χ4v) is 3.53. The monoisotopic (exact) mass is 238 g/mol. The van der Waals surface area contributed by atoms with Crippen LogP contribution in [0.3, 0.4) is 0 Å². The molecule has 0 spiro atoms. The third-order valence-corrected chi connectivity index (χ3v) is 5.29. The molecule has 2 aliphatic carbocycles. The summed E-state index contributed by atoms with van der Waals surface area (Å²) in [6, 6.07) is 0.854. The fourth-order valence-electron chi connectivity index (χ4n) is 3.53. The van der Waals surface area contributed by atoms with Crippen LogP contribution in [0.25, 0.3) is 0 Å². The first-order valence-electron chi connectivity index (χ1n) is 7.66. The van der Waals surface area contributed by atoms with Crippen molar-refractivity contribution in [2.75, 3.05) is 20.1 Å². The van der Waals surface area contributed by atoms with Crippen LogP contribution < -0.4 is 5.73 Å². The van der Waals surface area contributed by atoms with Crippen molar-refractivity contribution in [3.63, 3.8) is 0 Å². The molecule has 17 heavy (non-hydrogen) atoms. The van der Waals surface area contributed by atoms with Gasteiger partial charge in [0.1, 0.15) is 0 Å². The SMILES string of the molecule is CN(CCC1(CN)CCC1)C1CCCCCC1. The van der Waals surface area contributed by atoms with Gasteiger partial charge in [-0.3, -0.25) is 0 Å². The van der Waals surface area contributed by atoms with Crippen molar-refractivity contribution in [2.45, 2.75) is 70.3 Å². The van der Waals surface area contributed by atoms with E-state index in [-0.39, 0.29) is 0 Å². The largest absolute Gasteiger partial charge is 0.330 e. The zero-order valence-electron chi connectivity index (χ0n) is 11.6. The zero-order chi connectivity index (χ0) is 12.1. The molecule has 2 nitrogen and oxygen atoms in total. The quantitative estimate of drug-likeness (QED) is 0.746. The molecule has 0 bridgehead atoms. The Morgan fingerprint density at radius 1 is 1.06 bits per heavy atom. The first-order valence-corrected chi connectivity index (χ1v) is 7.66. The van der Waals surface area contributed by atoms with E-state index in [9.17, 15) is 0 Å². The number of hydrogen-bond donors (Lipinski definition) is 1. The van der Waals surface area contributed by atoms with E-state index in [2.05, 4.69) is 11.9 Å². The molecule has 0 amide bonds. The Hall–Kier alpha value is -0.0800. The van der Waals surface area contributed by atoms with Crippen molar-refractivity contribution < 1.29 is 0 Å². The second kappa shape index (κ2) is 6.19. The van der Waals surface area contributed by atoms with Crippen LogP contribution >= 0.6 is 0 Å². The Labute approximate surface area is 107 Å². The molecule has 2 aliphatic rings. The lowest BCUT2D eigenvalue weighted by Gasteiger charge is -2.42. The van der Waals surface area contributed by atoms with Crippen LogP contribution in [0.4, 0.5) is 0 Å². The van der Waals surface area contributed by atoms with Crippen LogP contribution in [0.5, 0.6) is 0 Å². The summed E-state index contributed by atoms with van der Waals surface area (Å²) in [7, 11) is 2.33. The average molecular weight is 238 g/mol.